The van der Waals surface area contributed by atoms with Crippen LogP contribution in [0.25, 0.3) is 0 Å². The second-order valence-electron chi connectivity index (χ2n) is 6.17. The molecule has 3 nitrogen and oxygen atoms in total. The molecular formula is C13H28N2O. The average molecular weight is 228 g/mol. The number of likely N-dealkylation sites (N-methyl/N-ethyl adjacent to an activating group) is 1. The van der Waals surface area contributed by atoms with Gasteiger partial charge in [-0.05, 0) is 31.2 Å². The van der Waals surface area contributed by atoms with Gasteiger partial charge in [0.1, 0.15) is 0 Å². The Balaban J connectivity index is 2.77. The lowest BCUT2D eigenvalue weighted by Gasteiger charge is -2.42. The number of hydrogen-bond donors (Lipinski definition) is 1. The topological polar surface area (TPSA) is 38.5 Å². The van der Waals surface area contributed by atoms with E-state index in [0.717, 1.165) is 19.7 Å². The first kappa shape index (κ1) is 13.9. The molecule has 16 heavy (non-hydrogen) atoms. The van der Waals surface area contributed by atoms with E-state index in [0.29, 0.717) is 11.3 Å². The Kier molecular flexibility index (Phi) is 4.38. The Hall–Kier alpha value is -0.120. The molecule has 1 aliphatic carbocycles. The molecular weight excluding hydrogens is 200 g/mol. The Morgan fingerprint density at radius 3 is 2.44 bits per heavy atom. The van der Waals surface area contributed by atoms with Crippen LogP contribution in [-0.4, -0.2) is 44.3 Å². The summed E-state index contributed by atoms with van der Waals surface area (Å²) in [6.45, 7) is 9.54. The molecule has 2 unspecified atom stereocenters. The highest BCUT2D eigenvalue weighted by Crippen LogP contribution is 2.49. The molecule has 0 aliphatic heterocycles. The number of methoxy groups -OCH3 is 1. The van der Waals surface area contributed by atoms with Crippen LogP contribution in [0.3, 0.4) is 0 Å². The number of nitrogens with two attached hydrogens (primary N) is 1. The van der Waals surface area contributed by atoms with Gasteiger partial charge in [-0.15, -0.1) is 0 Å². The Labute approximate surface area is 100 Å². The van der Waals surface area contributed by atoms with Crippen molar-refractivity contribution in [3.05, 3.63) is 0 Å². The van der Waals surface area contributed by atoms with Crippen molar-refractivity contribution in [3.63, 3.8) is 0 Å². The third-order valence-corrected chi connectivity index (χ3v) is 4.31. The van der Waals surface area contributed by atoms with Crippen LogP contribution in [0.1, 0.15) is 33.6 Å². The van der Waals surface area contributed by atoms with Crippen LogP contribution in [0.2, 0.25) is 0 Å². The number of rotatable bonds is 5. The van der Waals surface area contributed by atoms with Gasteiger partial charge in [0.2, 0.25) is 0 Å². The number of nitrogens with zero attached hydrogens (tertiary/aromatic N) is 1. The smallest absolute Gasteiger partial charge is 0.0589 e. The molecule has 1 saturated carbocycles. The van der Waals surface area contributed by atoms with E-state index in [4.69, 9.17) is 10.5 Å². The van der Waals surface area contributed by atoms with Crippen molar-refractivity contribution in [1.29, 1.82) is 0 Å². The normalized spacial score (nSPS) is 33.6. The van der Waals surface area contributed by atoms with Gasteiger partial charge in [-0.2, -0.15) is 0 Å². The lowest BCUT2D eigenvalue weighted by molar-refractivity contribution is 0.0567. The fraction of sp³-hybridized carbons (Fsp3) is 1.00. The molecule has 1 rings (SSSR count). The van der Waals surface area contributed by atoms with Gasteiger partial charge in [0.15, 0.2) is 0 Å². The minimum atomic E-state index is 0.169. The first-order valence-corrected chi connectivity index (χ1v) is 6.28. The molecule has 0 spiro atoms. The molecule has 96 valence electrons. The highest BCUT2D eigenvalue weighted by atomic mass is 16.5. The van der Waals surface area contributed by atoms with E-state index >= 15 is 0 Å². The second kappa shape index (κ2) is 5.03. The summed E-state index contributed by atoms with van der Waals surface area (Å²) in [5.74, 6) is 0.661. The molecule has 2 atom stereocenters. The predicted molar refractivity (Wildman–Crippen MR) is 68.5 cm³/mol. The fourth-order valence-electron chi connectivity index (χ4n) is 3.49. The zero-order valence-corrected chi connectivity index (χ0v) is 11.5. The van der Waals surface area contributed by atoms with Crippen LogP contribution in [0.4, 0.5) is 0 Å². The summed E-state index contributed by atoms with van der Waals surface area (Å²) in [6, 6.07) is 0. The van der Waals surface area contributed by atoms with E-state index in [2.05, 4.69) is 32.7 Å². The zero-order chi connectivity index (χ0) is 12.4. The molecule has 0 amide bonds. The molecule has 3 heteroatoms. The number of hydrogen-bond acceptors (Lipinski definition) is 3. The maximum Gasteiger partial charge on any atom is 0.0589 e. The minimum Gasteiger partial charge on any atom is -0.383 e. The first-order valence-electron chi connectivity index (χ1n) is 6.28. The van der Waals surface area contributed by atoms with Crippen molar-refractivity contribution in [2.75, 3.05) is 33.9 Å². The summed E-state index contributed by atoms with van der Waals surface area (Å²) >= 11 is 0. The molecule has 0 saturated heterocycles. The van der Waals surface area contributed by atoms with Gasteiger partial charge in [0.05, 0.1) is 6.61 Å². The van der Waals surface area contributed by atoms with Crippen LogP contribution >= 0.6 is 0 Å². The highest BCUT2D eigenvalue weighted by molar-refractivity contribution is 5.05. The van der Waals surface area contributed by atoms with Crippen LogP contribution < -0.4 is 5.73 Å². The molecule has 0 heterocycles. The van der Waals surface area contributed by atoms with E-state index in [1.165, 1.54) is 12.8 Å². The van der Waals surface area contributed by atoms with E-state index in [1.807, 2.05) is 0 Å². The molecule has 0 aromatic carbocycles. The monoisotopic (exact) mass is 228 g/mol. The van der Waals surface area contributed by atoms with Gasteiger partial charge in [0.25, 0.3) is 0 Å². The summed E-state index contributed by atoms with van der Waals surface area (Å²) in [5, 5.41) is 0. The van der Waals surface area contributed by atoms with Crippen molar-refractivity contribution in [3.8, 4) is 0 Å². The standard InChI is InChI=1S/C13H28N2O/c1-11-8-12(2,3)9-13(11,10-14)15(4)6-7-16-5/h11H,6-10,14H2,1-5H3. The third-order valence-electron chi connectivity index (χ3n) is 4.31. The molecule has 2 N–H and O–H groups in total. The molecule has 1 fully saturated rings. The molecule has 0 radical (unpaired) electrons. The maximum absolute atomic E-state index is 6.07. The lowest BCUT2D eigenvalue weighted by Crippen LogP contribution is -2.55. The van der Waals surface area contributed by atoms with Crippen molar-refractivity contribution in [2.45, 2.75) is 39.2 Å². The van der Waals surface area contributed by atoms with Crippen LogP contribution in [-0.2, 0) is 4.74 Å². The van der Waals surface area contributed by atoms with Crippen molar-refractivity contribution < 1.29 is 4.74 Å². The maximum atomic E-state index is 6.07. The molecule has 0 bridgehead atoms. The largest absolute Gasteiger partial charge is 0.383 e. The number of ether oxygens (including phenoxy) is 1. The SMILES string of the molecule is COCCN(C)C1(CN)CC(C)(C)CC1C. The van der Waals surface area contributed by atoms with Crippen LogP contribution in [0, 0.1) is 11.3 Å². The fourth-order valence-corrected chi connectivity index (χ4v) is 3.49. The van der Waals surface area contributed by atoms with Gasteiger partial charge >= 0.3 is 0 Å². The summed E-state index contributed by atoms with van der Waals surface area (Å²) < 4.78 is 5.17. The Morgan fingerprint density at radius 2 is 2.06 bits per heavy atom. The summed E-state index contributed by atoms with van der Waals surface area (Å²) in [7, 11) is 3.94. The van der Waals surface area contributed by atoms with E-state index < -0.39 is 0 Å². The van der Waals surface area contributed by atoms with Gasteiger partial charge in [-0.3, -0.25) is 4.90 Å². The van der Waals surface area contributed by atoms with Gasteiger partial charge in [-0.25, -0.2) is 0 Å². The van der Waals surface area contributed by atoms with E-state index in [1.54, 1.807) is 7.11 Å². The quantitative estimate of drug-likeness (QED) is 0.778. The average Bonchev–Trinajstić information content (AvgIpc) is 2.45. The second-order valence-corrected chi connectivity index (χ2v) is 6.17. The summed E-state index contributed by atoms with van der Waals surface area (Å²) in [5.41, 5.74) is 6.66. The summed E-state index contributed by atoms with van der Waals surface area (Å²) in [6.07, 6.45) is 2.46. The lowest BCUT2D eigenvalue weighted by atomic mass is 9.85. The molecule has 0 aromatic rings. The predicted octanol–water partition coefficient (Wildman–Crippen LogP) is 1.72. The minimum absolute atomic E-state index is 0.169. The van der Waals surface area contributed by atoms with Gasteiger partial charge < -0.3 is 10.5 Å². The first-order chi connectivity index (χ1) is 7.38. The van der Waals surface area contributed by atoms with E-state index in [9.17, 15) is 0 Å². The zero-order valence-electron chi connectivity index (χ0n) is 11.5. The highest BCUT2D eigenvalue weighted by Gasteiger charge is 2.49. The van der Waals surface area contributed by atoms with Crippen LogP contribution in [0.15, 0.2) is 0 Å². The summed E-state index contributed by atoms with van der Waals surface area (Å²) in [4.78, 5) is 2.41. The molecule has 0 aromatic heterocycles. The molecule has 1 aliphatic rings. The third kappa shape index (κ3) is 2.58. The van der Waals surface area contributed by atoms with Crippen molar-refractivity contribution >= 4 is 0 Å². The van der Waals surface area contributed by atoms with Gasteiger partial charge in [0, 0.05) is 25.7 Å². The Bertz CT molecular complexity index is 230. The van der Waals surface area contributed by atoms with Crippen LogP contribution in [0.5, 0.6) is 0 Å². The van der Waals surface area contributed by atoms with Crippen molar-refractivity contribution in [1.82, 2.24) is 4.90 Å². The van der Waals surface area contributed by atoms with Crippen molar-refractivity contribution in [2.24, 2.45) is 17.1 Å². The van der Waals surface area contributed by atoms with E-state index in [-0.39, 0.29) is 5.54 Å². The van der Waals surface area contributed by atoms with Gasteiger partial charge in [-0.1, -0.05) is 20.8 Å². The Morgan fingerprint density at radius 1 is 1.44 bits per heavy atom.